The first kappa shape index (κ1) is 18.3. The van der Waals surface area contributed by atoms with E-state index in [-0.39, 0.29) is 5.91 Å². The number of rotatable bonds is 5. The molecule has 1 amide bonds. The number of nitrogens with zero attached hydrogens (tertiary/aromatic N) is 1. The van der Waals surface area contributed by atoms with Gasteiger partial charge in [-0.3, -0.25) is 4.79 Å². The number of methoxy groups -OCH3 is 1. The van der Waals surface area contributed by atoms with Crippen LogP contribution in [0.1, 0.15) is 16.7 Å². The van der Waals surface area contributed by atoms with E-state index < -0.39 is 0 Å². The average Bonchev–Trinajstić information content (AvgIpc) is 2.62. The number of hydrogen-bond donors (Lipinski definition) is 1. The van der Waals surface area contributed by atoms with E-state index in [2.05, 4.69) is 23.3 Å². The van der Waals surface area contributed by atoms with E-state index in [1.165, 1.54) is 17.3 Å². The monoisotopic (exact) mass is 366 g/mol. The van der Waals surface area contributed by atoms with Crippen LogP contribution in [0, 0.1) is 20.8 Å². The van der Waals surface area contributed by atoms with Crippen LogP contribution < -0.4 is 10.1 Å². The molecular formula is C21H22N2O2S. The Kier molecular flexibility index (Phi) is 5.47. The zero-order valence-electron chi connectivity index (χ0n) is 15.4. The average molecular weight is 366 g/mol. The molecule has 0 atom stereocenters. The van der Waals surface area contributed by atoms with Gasteiger partial charge in [-0.2, -0.15) is 0 Å². The first-order valence-electron chi connectivity index (χ1n) is 8.41. The summed E-state index contributed by atoms with van der Waals surface area (Å²) < 4.78 is 5.26. The molecule has 0 fully saturated rings. The largest absolute Gasteiger partial charge is 0.497 e. The number of aryl methyl sites for hydroxylation is 3. The highest BCUT2D eigenvalue weighted by Gasteiger charge is 2.09. The van der Waals surface area contributed by atoms with Crippen LogP contribution in [0.3, 0.4) is 0 Å². The molecule has 0 radical (unpaired) electrons. The third-order valence-electron chi connectivity index (χ3n) is 4.30. The Hall–Kier alpha value is -2.53. The molecule has 134 valence electrons. The summed E-state index contributed by atoms with van der Waals surface area (Å²) in [6.45, 7) is 6.10. The van der Waals surface area contributed by atoms with Crippen molar-refractivity contribution in [2.45, 2.75) is 25.8 Å². The number of ether oxygens (including phenoxy) is 1. The third kappa shape index (κ3) is 4.17. The van der Waals surface area contributed by atoms with E-state index in [9.17, 15) is 4.79 Å². The van der Waals surface area contributed by atoms with Crippen LogP contribution in [0.2, 0.25) is 0 Å². The van der Waals surface area contributed by atoms with Gasteiger partial charge in [0.1, 0.15) is 10.8 Å². The number of carbonyl (C=O) groups is 1. The zero-order valence-corrected chi connectivity index (χ0v) is 16.2. The maximum atomic E-state index is 12.3. The van der Waals surface area contributed by atoms with Crippen molar-refractivity contribution in [3.8, 4) is 5.75 Å². The van der Waals surface area contributed by atoms with Crippen LogP contribution >= 0.6 is 11.8 Å². The first-order chi connectivity index (χ1) is 12.5. The van der Waals surface area contributed by atoms with Gasteiger partial charge >= 0.3 is 0 Å². The molecular weight excluding hydrogens is 344 g/mol. The van der Waals surface area contributed by atoms with Crippen molar-refractivity contribution in [1.29, 1.82) is 0 Å². The van der Waals surface area contributed by atoms with Gasteiger partial charge in [-0.1, -0.05) is 17.8 Å². The van der Waals surface area contributed by atoms with Gasteiger partial charge in [-0.25, -0.2) is 4.98 Å². The normalized spacial score (nSPS) is 10.8. The van der Waals surface area contributed by atoms with Crippen LogP contribution in [-0.2, 0) is 4.79 Å². The van der Waals surface area contributed by atoms with Gasteiger partial charge in [-0.05, 0) is 73.9 Å². The lowest BCUT2D eigenvalue weighted by molar-refractivity contribution is -0.113. The second-order valence-electron chi connectivity index (χ2n) is 6.30. The van der Waals surface area contributed by atoms with E-state index in [1.807, 2.05) is 50.2 Å². The number of pyridine rings is 1. The molecule has 3 aromatic rings. The Morgan fingerprint density at radius 3 is 2.58 bits per heavy atom. The van der Waals surface area contributed by atoms with Gasteiger partial charge in [0.05, 0.1) is 18.4 Å². The van der Waals surface area contributed by atoms with Crippen molar-refractivity contribution >= 4 is 34.3 Å². The number of amides is 1. The number of aromatic nitrogens is 1. The zero-order chi connectivity index (χ0) is 18.7. The van der Waals surface area contributed by atoms with Gasteiger partial charge in [0.2, 0.25) is 5.91 Å². The maximum absolute atomic E-state index is 12.3. The van der Waals surface area contributed by atoms with E-state index >= 15 is 0 Å². The summed E-state index contributed by atoms with van der Waals surface area (Å²) in [5.41, 5.74) is 5.15. The summed E-state index contributed by atoms with van der Waals surface area (Å²) in [6, 6.07) is 13.8. The van der Waals surface area contributed by atoms with E-state index in [1.54, 1.807) is 7.11 Å². The molecule has 0 aliphatic rings. The molecule has 0 bridgehead atoms. The molecule has 0 spiro atoms. The number of anilines is 1. The molecule has 0 saturated heterocycles. The van der Waals surface area contributed by atoms with Crippen molar-refractivity contribution < 1.29 is 9.53 Å². The number of carbonyl (C=O) groups excluding carboxylic acids is 1. The second-order valence-corrected chi connectivity index (χ2v) is 7.27. The highest BCUT2D eigenvalue weighted by molar-refractivity contribution is 8.00. The standard InChI is InChI=1S/C21H22N2O2S/c1-13-5-6-17(10-14(13)2)22-20(24)12-26-21-15(3)9-16-11-18(25-4)7-8-19(16)23-21/h5-11H,12H2,1-4H3,(H,22,24). The van der Waals surface area contributed by atoms with Crippen LogP contribution in [0.15, 0.2) is 47.5 Å². The Bertz CT molecular complexity index is 970. The SMILES string of the molecule is COc1ccc2nc(SCC(=O)Nc3ccc(C)c(C)c3)c(C)cc2c1. The fraction of sp³-hybridized carbons (Fsp3) is 0.238. The Morgan fingerprint density at radius 1 is 1.04 bits per heavy atom. The number of benzene rings is 2. The lowest BCUT2D eigenvalue weighted by Gasteiger charge is -2.09. The number of thioether (sulfide) groups is 1. The fourth-order valence-corrected chi connectivity index (χ4v) is 3.46. The highest BCUT2D eigenvalue weighted by Crippen LogP contribution is 2.27. The molecule has 26 heavy (non-hydrogen) atoms. The topological polar surface area (TPSA) is 51.2 Å². The number of fused-ring (bicyclic) bond motifs is 1. The van der Waals surface area contributed by atoms with E-state index in [4.69, 9.17) is 4.74 Å². The van der Waals surface area contributed by atoms with Crippen molar-refractivity contribution in [3.63, 3.8) is 0 Å². The minimum absolute atomic E-state index is 0.0331. The van der Waals surface area contributed by atoms with E-state index in [0.717, 1.165) is 38.5 Å². The molecule has 5 heteroatoms. The molecule has 0 aliphatic heterocycles. The predicted octanol–water partition coefficient (Wildman–Crippen LogP) is 4.90. The van der Waals surface area contributed by atoms with Crippen LogP contribution in [0.25, 0.3) is 10.9 Å². The summed E-state index contributed by atoms with van der Waals surface area (Å²) in [5, 5.41) is 4.85. The molecule has 1 N–H and O–H groups in total. The molecule has 1 heterocycles. The summed E-state index contributed by atoms with van der Waals surface area (Å²) in [4.78, 5) is 16.9. The van der Waals surface area contributed by atoms with Gasteiger partial charge in [-0.15, -0.1) is 0 Å². The minimum Gasteiger partial charge on any atom is -0.497 e. The molecule has 0 unspecified atom stereocenters. The molecule has 0 saturated carbocycles. The maximum Gasteiger partial charge on any atom is 0.234 e. The molecule has 2 aromatic carbocycles. The van der Waals surface area contributed by atoms with Gasteiger partial charge < -0.3 is 10.1 Å². The summed E-state index contributed by atoms with van der Waals surface area (Å²) in [7, 11) is 1.65. The molecule has 1 aromatic heterocycles. The number of nitrogens with one attached hydrogen (secondary N) is 1. The van der Waals surface area contributed by atoms with Crippen molar-refractivity contribution in [1.82, 2.24) is 4.98 Å². The quantitative estimate of drug-likeness (QED) is 0.653. The van der Waals surface area contributed by atoms with Gasteiger partial charge in [0.15, 0.2) is 0 Å². The van der Waals surface area contributed by atoms with Crippen molar-refractivity contribution in [2.75, 3.05) is 18.2 Å². The van der Waals surface area contributed by atoms with E-state index in [0.29, 0.717) is 5.75 Å². The number of hydrogen-bond acceptors (Lipinski definition) is 4. The van der Waals surface area contributed by atoms with Crippen LogP contribution in [0.5, 0.6) is 5.75 Å². The van der Waals surface area contributed by atoms with Crippen LogP contribution in [0.4, 0.5) is 5.69 Å². The lowest BCUT2D eigenvalue weighted by Crippen LogP contribution is -2.14. The third-order valence-corrected chi connectivity index (χ3v) is 5.39. The Morgan fingerprint density at radius 2 is 1.85 bits per heavy atom. The highest BCUT2D eigenvalue weighted by atomic mass is 32.2. The smallest absolute Gasteiger partial charge is 0.234 e. The summed E-state index contributed by atoms with van der Waals surface area (Å²) in [6.07, 6.45) is 0. The lowest BCUT2D eigenvalue weighted by atomic mass is 10.1. The summed E-state index contributed by atoms with van der Waals surface area (Å²) >= 11 is 1.45. The van der Waals surface area contributed by atoms with Gasteiger partial charge in [0.25, 0.3) is 0 Å². The van der Waals surface area contributed by atoms with Gasteiger partial charge in [0, 0.05) is 11.1 Å². The minimum atomic E-state index is -0.0331. The predicted molar refractivity (Wildman–Crippen MR) is 108 cm³/mol. The fourth-order valence-electron chi connectivity index (χ4n) is 2.67. The molecule has 0 aliphatic carbocycles. The Labute approximate surface area is 158 Å². The summed E-state index contributed by atoms with van der Waals surface area (Å²) in [5.74, 6) is 1.10. The van der Waals surface area contributed by atoms with Crippen molar-refractivity contribution in [3.05, 3.63) is 59.2 Å². The second kappa shape index (κ2) is 7.79. The molecule has 4 nitrogen and oxygen atoms in total. The van der Waals surface area contributed by atoms with Crippen molar-refractivity contribution in [2.24, 2.45) is 0 Å². The Balaban J connectivity index is 1.69. The first-order valence-corrected chi connectivity index (χ1v) is 9.40. The van der Waals surface area contributed by atoms with Crippen LogP contribution in [-0.4, -0.2) is 23.8 Å². The molecule has 3 rings (SSSR count).